The van der Waals surface area contributed by atoms with Gasteiger partial charge in [-0.1, -0.05) is 25.4 Å². The van der Waals surface area contributed by atoms with E-state index in [1.165, 1.54) is 15.7 Å². The molecule has 2 aromatic rings. The van der Waals surface area contributed by atoms with Gasteiger partial charge in [0.05, 0.1) is 0 Å². The highest BCUT2D eigenvalue weighted by molar-refractivity contribution is 7.89. The summed E-state index contributed by atoms with van der Waals surface area (Å²) in [6.07, 6.45) is 1.65. The molecule has 0 aliphatic carbocycles. The molecule has 0 atom stereocenters. The summed E-state index contributed by atoms with van der Waals surface area (Å²) < 4.78 is 28.7. The van der Waals surface area contributed by atoms with Crippen LogP contribution in [0.5, 0.6) is 0 Å². The molecular weight excluding hydrogens is 320 g/mol. The maximum atomic E-state index is 12.3. The third-order valence-corrected chi connectivity index (χ3v) is 5.66. The highest BCUT2D eigenvalue weighted by atomic mass is 35.5. The number of halogens is 1. The van der Waals surface area contributed by atoms with Crippen LogP contribution < -0.4 is 4.72 Å². The lowest BCUT2D eigenvalue weighted by Gasteiger charge is -2.17. The summed E-state index contributed by atoms with van der Waals surface area (Å²) in [5.41, 5.74) is 0. The van der Waals surface area contributed by atoms with E-state index in [0.717, 1.165) is 13.1 Å². The molecule has 0 radical (unpaired) electrons. The van der Waals surface area contributed by atoms with Gasteiger partial charge >= 0.3 is 0 Å². The average molecular weight is 337 g/mol. The fourth-order valence-corrected chi connectivity index (χ4v) is 4.39. The second kappa shape index (κ2) is 6.40. The summed E-state index contributed by atoms with van der Waals surface area (Å²) in [5, 5.41) is 1.79. The summed E-state index contributed by atoms with van der Waals surface area (Å²) in [6, 6.07) is 0. The number of hydrogen-bond acceptors (Lipinski definition) is 5. The van der Waals surface area contributed by atoms with Crippen LogP contribution in [0.2, 0.25) is 5.15 Å². The molecule has 0 saturated heterocycles. The van der Waals surface area contributed by atoms with E-state index in [4.69, 9.17) is 11.6 Å². The third kappa shape index (κ3) is 3.15. The fourth-order valence-electron chi connectivity index (χ4n) is 1.93. The minimum absolute atomic E-state index is 0.00666. The Morgan fingerprint density at radius 3 is 2.80 bits per heavy atom. The van der Waals surface area contributed by atoms with E-state index >= 15 is 0 Å². The van der Waals surface area contributed by atoms with Gasteiger partial charge in [0.25, 0.3) is 10.0 Å². The molecule has 0 fully saturated rings. The average Bonchev–Trinajstić information content (AvgIpc) is 2.93. The van der Waals surface area contributed by atoms with Crippen LogP contribution in [0.3, 0.4) is 0 Å². The van der Waals surface area contributed by atoms with Crippen LogP contribution in [-0.4, -0.2) is 48.9 Å². The predicted molar refractivity (Wildman–Crippen MR) is 81.1 cm³/mol. The van der Waals surface area contributed by atoms with Crippen molar-refractivity contribution in [1.29, 1.82) is 0 Å². The molecule has 2 rings (SSSR count). The third-order valence-electron chi connectivity index (χ3n) is 3.05. The second-order valence-corrected chi connectivity index (χ2v) is 7.10. The van der Waals surface area contributed by atoms with Gasteiger partial charge in [-0.3, -0.25) is 4.40 Å². The van der Waals surface area contributed by atoms with E-state index in [9.17, 15) is 8.42 Å². The van der Waals surface area contributed by atoms with Crippen molar-refractivity contribution in [3.63, 3.8) is 0 Å². The number of rotatable bonds is 7. The van der Waals surface area contributed by atoms with Gasteiger partial charge in [0.15, 0.2) is 15.1 Å². The molecule has 6 nitrogen and oxygen atoms in total. The zero-order valence-corrected chi connectivity index (χ0v) is 13.7. The molecule has 0 aliphatic heterocycles. The lowest BCUT2D eigenvalue weighted by atomic mass is 10.5. The summed E-state index contributed by atoms with van der Waals surface area (Å²) in [7, 11) is -3.66. The quantitative estimate of drug-likeness (QED) is 0.835. The monoisotopic (exact) mass is 336 g/mol. The van der Waals surface area contributed by atoms with Crippen LogP contribution >= 0.6 is 22.9 Å². The van der Waals surface area contributed by atoms with Gasteiger partial charge in [0.1, 0.15) is 0 Å². The Labute approximate surface area is 127 Å². The minimum Gasteiger partial charge on any atom is -0.303 e. The van der Waals surface area contributed by atoms with Gasteiger partial charge in [0.2, 0.25) is 0 Å². The van der Waals surface area contributed by atoms with E-state index in [-0.39, 0.29) is 10.2 Å². The van der Waals surface area contributed by atoms with E-state index in [2.05, 4.69) is 14.6 Å². The van der Waals surface area contributed by atoms with Crippen LogP contribution in [0.1, 0.15) is 13.8 Å². The number of fused-ring (bicyclic) bond motifs is 1. The molecule has 0 bridgehead atoms. The van der Waals surface area contributed by atoms with Gasteiger partial charge in [-0.05, 0) is 13.1 Å². The van der Waals surface area contributed by atoms with Crippen LogP contribution in [-0.2, 0) is 10.0 Å². The molecule has 0 spiro atoms. The highest BCUT2D eigenvalue weighted by Crippen LogP contribution is 2.24. The second-order valence-electron chi connectivity index (χ2n) is 4.19. The molecule has 0 aliphatic rings. The van der Waals surface area contributed by atoms with E-state index in [1.807, 2.05) is 13.8 Å². The van der Waals surface area contributed by atoms with E-state index < -0.39 is 10.0 Å². The van der Waals surface area contributed by atoms with Crippen molar-refractivity contribution in [2.75, 3.05) is 26.2 Å². The van der Waals surface area contributed by atoms with Crippen molar-refractivity contribution >= 4 is 37.9 Å². The number of hydrogen-bond donors (Lipinski definition) is 1. The lowest BCUT2D eigenvalue weighted by molar-refractivity contribution is 0.309. The Kier molecular flexibility index (Phi) is 5.03. The first-order chi connectivity index (χ1) is 9.49. The Morgan fingerprint density at radius 1 is 1.45 bits per heavy atom. The molecular formula is C11H17ClN4O2S2. The van der Waals surface area contributed by atoms with Gasteiger partial charge in [-0.2, -0.15) is 0 Å². The highest BCUT2D eigenvalue weighted by Gasteiger charge is 2.24. The van der Waals surface area contributed by atoms with Gasteiger partial charge in [-0.15, -0.1) is 11.3 Å². The zero-order valence-electron chi connectivity index (χ0n) is 11.3. The smallest absolute Gasteiger partial charge is 0.259 e. The normalized spacial score (nSPS) is 12.6. The summed E-state index contributed by atoms with van der Waals surface area (Å²) in [4.78, 5) is 6.74. The lowest BCUT2D eigenvalue weighted by Crippen LogP contribution is -2.35. The van der Waals surface area contributed by atoms with Crippen molar-refractivity contribution in [3.05, 3.63) is 16.7 Å². The molecule has 9 heteroatoms. The molecule has 1 N–H and O–H groups in total. The summed E-state index contributed by atoms with van der Waals surface area (Å²) in [6.45, 7) is 6.87. The summed E-state index contributed by atoms with van der Waals surface area (Å²) >= 11 is 7.28. The zero-order chi connectivity index (χ0) is 14.8. The van der Waals surface area contributed by atoms with Crippen LogP contribution in [0.4, 0.5) is 0 Å². The number of nitrogens with one attached hydrogen (secondary N) is 1. The first-order valence-corrected chi connectivity index (χ1v) is 9.06. The topological polar surface area (TPSA) is 66.7 Å². The maximum absolute atomic E-state index is 12.3. The van der Waals surface area contributed by atoms with Crippen molar-refractivity contribution in [2.24, 2.45) is 0 Å². The van der Waals surface area contributed by atoms with Gasteiger partial charge in [0, 0.05) is 24.7 Å². The van der Waals surface area contributed by atoms with Crippen LogP contribution in [0.25, 0.3) is 4.96 Å². The van der Waals surface area contributed by atoms with Crippen molar-refractivity contribution < 1.29 is 8.42 Å². The predicted octanol–water partition coefficient (Wildman–Crippen LogP) is 1.67. The van der Waals surface area contributed by atoms with Crippen molar-refractivity contribution in [1.82, 2.24) is 19.0 Å². The molecule has 0 amide bonds. The minimum atomic E-state index is -3.66. The number of sulfonamides is 1. The van der Waals surface area contributed by atoms with Gasteiger partial charge in [-0.25, -0.2) is 18.1 Å². The first-order valence-electron chi connectivity index (χ1n) is 6.32. The number of thiazole rings is 1. The molecule has 2 heterocycles. The fraction of sp³-hybridized carbons (Fsp3) is 0.545. The first kappa shape index (κ1) is 15.7. The van der Waals surface area contributed by atoms with E-state index in [0.29, 0.717) is 18.1 Å². The number of likely N-dealkylation sites (N-methyl/N-ethyl adjacent to an activating group) is 1. The number of imidazole rings is 1. The SMILES string of the molecule is CCN(CC)CCNS(=O)(=O)c1c(Cl)nc2sccn12. The van der Waals surface area contributed by atoms with Crippen LogP contribution in [0, 0.1) is 0 Å². The van der Waals surface area contributed by atoms with Crippen molar-refractivity contribution in [2.45, 2.75) is 18.9 Å². The van der Waals surface area contributed by atoms with Crippen LogP contribution in [0.15, 0.2) is 16.6 Å². The molecule has 0 aromatic carbocycles. The standard InChI is InChI=1S/C11H17ClN4O2S2/c1-3-15(4-2)6-5-13-20(17,18)10-9(12)14-11-16(10)7-8-19-11/h7-8,13H,3-6H2,1-2H3. The maximum Gasteiger partial charge on any atom is 0.259 e. The van der Waals surface area contributed by atoms with Crippen molar-refractivity contribution in [3.8, 4) is 0 Å². The van der Waals surface area contributed by atoms with E-state index in [1.54, 1.807) is 11.6 Å². The summed E-state index contributed by atoms with van der Waals surface area (Å²) in [5.74, 6) is 0. The molecule has 0 saturated carbocycles. The molecule has 20 heavy (non-hydrogen) atoms. The largest absolute Gasteiger partial charge is 0.303 e. The molecule has 2 aromatic heterocycles. The number of aromatic nitrogens is 2. The Balaban J connectivity index is 2.14. The van der Waals surface area contributed by atoms with Gasteiger partial charge < -0.3 is 4.90 Å². The number of nitrogens with zero attached hydrogens (tertiary/aromatic N) is 3. The Morgan fingerprint density at radius 2 is 2.15 bits per heavy atom. The Hall–Kier alpha value is -0.670. The molecule has 112 valence electrons. The Bertz CT molecular complexity index is 676. The molecule has 0 unspecified atom stereocenters.